The van der Waals surface area contributed by atoms with E-state index < -0.39 is 0 Å². The second-order valence-electron chi connectivity index (χ2n) is 7.80. The Balaban J connectivity index is 1.41. The van der Waals surface area contributed by atoms with Gasteiger partial charge >= 0.3 is 0 Å². The molecule has 1 aliphatic carbocycles. The zero-order chi connectivity index (χ0) is 20.2. The molecule has 154 valence electrons. The molecule has 8 heteroatoms. The van der Waals surface area contributed by atoms with Gasteiger partial charge < -0.3 is 13.8 Å². The molecule has 2 heterocycles. The molecule has 0 bridgehead atoms. The summed E-state index contributed by atoms with van der Waals surface area (Å²) in [6.45, 7) is 7.74. The van der Waals surface area contributed by atoms with Crippen molar-refractivity contribution in [2.45, 2.75) is 70.0 Å². The second-order valence-corrected chi connectivity index (χ2v) is 8.74. The van der Waals surface area contributed by atoms with Gasteiger partial charge in [-0.15, -0.1) is 10.2 Å². The average molecular weight is 414 g/mol. The summed E-state index contributed by atoms with van der Waals surface area (Å²) in [5, 5.41) is 13.7. The summed E-state index contributed by atoms with van der Waals surface area (Å²) in [6, 6.07) is 8.20. The predicted octanol–water partition coefficient (Wildman–Crippen LogP) is 4.63. The number of rotatable bonds is 10. The smallest absolute Gasteiger partial charge is 0.229 e. The number of nitrogens with zero attached hydrogens (tertiary/aromatic N) is 5. The van der Waals surface area contributed by atoms with Crippen LogP contribution in [-0.4, -0.2) is 24.9 Å². The van der Waals surface area contributed by atoms with E-state index in [1.807, 2.05) is 12.1 Å². The van der Waals surface area contributed by atoms with E-state index in [-0.39, 0.29) is 0 Å². The number of hydrogen-bond donors (Lipinski definition) is 0. The maximum Gasteiger partial charge on any atom is 0.229 e. The van der Waals surface area contributed by atoms with Crippen molar-refractivity contribution >= 4 is 11.8 Å². The molecule has 0 radical (unpaired) electrons. The lowest BCUT2D eigenvalue weighted by atomic mass is 10.2. The number of aryl methyl sites for hydroxylation is 1. The van der Waals surface area contributed by atoms with Gasteiger partial charge in [0.15, 0.2) is 16.8 Å². The Morgan fingerprint density at radius 2 is 2.00 bits per heavy atom. The van der Waals surface area contributed by atoms with Gasteiger partial charge in [0, 0.05) is 12.5 Å². The highest BCUT2D eigenvalue weighted by molar-refractivity contribution is 7.98. The summed E-state index contributed by atoms with van der Waals surface area (Å²) >= 11 is 1.58. The fraction of sp³-hybridized carbons (Fsp3) is 0.524. The summed E-state index contributed by atoms with van der Waals surface area (Å²) < 4.78 is 13.4. The van der Waals surface area contributed by atoms with Gasteiger partial charge in [-0.05, 0) is 42.9 Å². The van der Waals surface area contributed by atoms with Crippen LogP contribution >= 0.6 is 11.8 Å². The fourth-order valence-electron chi connectivity index (χ4n) is 3.00. The van der Waals surface area contributed by atoms with Gasteiger partial charge in [0.05, 0.1) is 5.75 Å². The first-order chi connectivity index (χ1) is 14.1. The van der Waals surface area contributed by atoms with Gasteiger partial charge in [-0.3, -0.25) is 0 Å². The maximum absolute atomic E-state index is 5.95. The lowest BCUT2D eigenvalue weighted by Gasteiger charge is -2.13. The molecule has 29 heavy (non-hydrogen) atoms. The lowest BCUT2D eigenvalue weighted by molar-refractivity contribution is 0.284. The van der Waals surface area contributed by atoms with Crippen molar-refractivity contribution < 1.29 is 9.26 Å². The van der Waals surface area contributed by atoms with Crippen LogP contribution in [0.25, 0.3) is 0 Å². The Morgan fingerprint density at radius 3 is 2.69 bits per heavy atom. The standard InChI is InChI=1S/C21H27N5O2S/c1-4-15-5-9-17(10-6-15)27-12-19-23-24-21(26(19)11-14(2)3)29-13-18-22-20(28-25-18)16-7-8-16/h5-6,9-10,14,16H,4,7-8,11-13H2,1-3H3. The molecule has 0 aliphatic heterocycles. The zero-order valence-corrected chi connectivity index (χ0v) is 18.0. The molecule has 4 rings (SSSR count). The molecule has 0 N–H and O–H groups in total. The summed E-state index contributed by atoms with van der Waals surface area (Å²) in [7, 11) is 0. The molecule has 0 unspecified atom stereocenters. The number of ether oxygens (including phenoxy) is 1. The molecule has 1 aliphatic rings. The van der Waals surface area contributed by atoms with Crippen molar-refractivity contribution in [3.63, 3.8) is 0 Å². The second kappa shape index (κ2) is 8.98. The highest BCUT2D eigenvalue weighted by Gasteiger charge is 2.29. The molecule has 0 spiro atoms. The van der Waals surface area contributed by atoms with E-state index in [1.54, 1.807) is 11.8 Å². The Bertz CT molecular complexity index is 931. The third-order valence-electron chi connectivity index (χ3n) is 4.78. The van der Waals surface area contributed by atoms with Crippen LogP contribution in [0.4, 0.5) is 0 Å². The van der Waals surface area contributed by atoms with Crippen molar-refractivity contribution in [3.05, 3.63) is 47.4 Å². The SMILES string of the molecule is CCc1ccc(OCc2nnc(SCc3noc(C4CC4)n3)n2CC(C)C)cc1. The average Bonchev–Trinajstić information content (AvgIpc) is 3.35. The van der Waals surface area contributed by atoms with Gasteiger partial charge in [0.1, 0.15) is 12.4 Å². The van der Waals surface area contributed by atoms with Crippen LogP contribution in [0.1, 0.15) is 62.6 Å². The van der Waals surface area contributed by atoms with Gasteiger partial charge in [0.2, 0.25) is 5.89 Å². The molecule has 0 amide bonds. The summed E-state index contributed by atoms with van der Waals surface area (Å²) in [5.74, 6) is 4.71. The van der Waals surface area contributed by atoms with Crippen molar-refractivity contribution in [3.8, 4) is 5.75 Å². The third kappa shape index (κ3) is 5.18. The Labute approximate surface area is 175 Å². The molecule has 1 saturated carbocycles. The molecule has 2 aromatic heterocycles. The van der Waals surface area contributed by atoms with Crippen LogP contribution in [0.5, 0.6) is 5.75 Å². The minimum absolute atomic E-state index is 0.389. The first-order valence-corrected chi connectivity index (χ1v) is 11.2. The van der Waals surface area contributed by atoms with Crippen LogP contribution in [0.15, 0.2) is 33.9 Å². The van der Waals surface area contributed by atoms with Crippen molar-refractivity contribution in [1.82, 2.24) is 24.9 Å². The Morgan fingerprint density at radius 1 is 1.21 bits per heavy atom. The third-order valence-corrected chi connectivity index (χ3v) is 5.74. The van der Waals surface area contributed by atoms with E-state index in [9.17, 15) is 0 Å². The summed E-state index contributed by atoms with van der Waals surface area (Å²) in [6.07, 6.45) is 3.33. The van der Waals surface area contributed by atoms with E-state index in [1.165, 1.54) is 5.56 Å². The largest absolute Gasteiger partial charge is 0.486 e. The van der Waals surface area contributed by atoms with Crippen molar-refractivity contribution in [2.24, 2.45) is 5.92 Å². The topological polar surface area (TPSA) is 78.9 Å². The van der Waals surface area contributed by atoms with Crippen LogP contribution in [0.2, 0.25) is 0 Å². The van der Waals surface area contributed by atoms with E-state index in [2.05, 4.69) is 57.8 Å². The first kappa shape index (κ1) is 19.9. The van der Waals surface area contributed by atoms with Crippen molar-refractivity contribution in [2.75, 3.05) is 0 Å². The zero-order valence-electron chi connectivity index (χ0n) is 17.2. The molecule has 1 fully saturated rings. The van der Waals surface area contributed by atoms with Crippen LogP contribution < -0.4 is 4.74 Å². The van der Waals surface area contributed by atoms with Gasteiger partial charge in [0.25, 0.3) is 0 Å². The monoisotopic (exact) mass is 413 g/mol. The van der Waals surface area contributed by atoms with E-state index >= 15 is 0 Å². The van der Waals surface area contributed by atoms with Crippen LogP contribution in [0, 0.1) is 5.92 Å². The van der Waals surface area contributed by atoms with Gasteiger partial charge in [-0.25, -0.2) is 0 Å². The van der Waals surface area contributed by atoms with Crippen molar-refractivity contribution in [1.29, 1.82) is 0 Å². The van der Waals surface area contributed by atoms with Gasteiger partial charge in [-0.1, -0.05) is 49.8 Å². The van der Waals surface area contributed by atoms with E-state index in [0.29, 0.717) is 30.0 Å². The lowest BCUT2D eigenvalue weighted by Crippen LogP contribution is -2.12. The fourth-order valence-corrected chi connectivity index (χ4v) is 3.81. The van der Waals surface area contributed by atoms with E-state index in [0.717, 1.165) is 48.4 Å². The molecular formula is C21H27N5O2S. The minimum Gasteiger partial charge on any atom is -0.486 e. The highest BCUT2D eigenvalue weighted by atomic mass is 32.2. The normalized spacial score (nSPS) is 13.9. The minimum atomic E-state index is 0.389. The number of aromatic nitrogens is 5. The highest BCUT2D eigenvalue weighted by Crippen LogP contribution is 2.39. The van der Waals surface area contributed by atoms with Crippen LogP contribution in [-0.2, 0) is 25.3 Å². The molecule has 3 aromatic rings. The molecule has 1 aromatic carbocycles. The molecular weight excluding hydrogens is 386 g/mol. The molecule has 7 nitrogen and oxygen atoms in total. The predicted molar refractivity (Wildman–Crippen MR) is 111 cm³/mol. The molecule has 0 atom stereocenters. The number of hydrogen-bond acceptors (Lipinski definition) is 7. The summed E-state index contributed by atoms with van der Waals surface area (Å²) in [4.78, 5) is 4.49. The first-order valence-electron chi connectivity index (χ1n) is 10.2. The van der Waals surface area contributed by atoms with Gasteiger partial charge in [-0.2, -0.15) is 4.98 Å². The summed E-state index contributed by atoms with van der Waals surface area (Å²) in [5.41, 5.74) is 1.30. The molecule has 0 saturated heterocycles. The number of benzene rings is 1. The quantitative estimate of drug-likeness (QED) is 0.448. The Hall–Kier alpha value is -2.35. The Kier molecular flexibility index (Phi) is 6.18. The van der Waals surface area contributed by atoms with E-state index in [4.69, 9.17) is 9.26 Å². The maximum atomic E-state index is 5.95. The van der Waals surface area contributed by atoms with Crippen LogP contribution in [0.3, 0.4) is 0 Å². The number of thioether (sulfide) groups is 1.